The number of methoxy groups -OCH3 is 2. The van der Waals surface area contributed by atoms with Crippen LogP contribution in [0.5, 0.6) is 17.2 Å². The van der Waals surface area contributed by atoms with Crippen molar-refractivity contribution >= 4 is 5.78 Å². The van der Waals surface area contributed by atoms with Gasteiger partial charge >= 0.3 is 0 Å². The van der Waals surface area contributed by atoms with Gasteiger partial charge in [0, 0.05) is 6.07 Å². The summed E-state index contributed by atoms with van der Waals surface area (Å²) in [6, 6.07) is 2.83. The van der Waals surface area contributed by atoms with Crippen molar-refractivity contribution < 1.29 is 19.4 Å². The van der Waals surface area contributed by atoms with Crippen LogP contribution in [0.4, 0.5) is 0 Å². The van der Waals surface area contributed by atoms with Crippen LogP contribution < -0.4 is 9.47 Å². The van der Waals surface area contributed by atoms with E-state index >= 15 is 0 Å². The number of phenols is 1. The summed E-state index contributed by atoms with van der Waals surface area (Å²) in [5, 5.41) is 9.74. The number of hydrogen-bond acceptors (Lipinski definition) is 4. The van der Waals surface area contributed by atoms with E-state index < -0.39 is 0 Å². The molecule has 17 heavy (non-hydrogen) atoms. The van der Waals surface area contributed by atoms with Crippen molar-refractivity contribution in [1.29, 1.82) is 0 Å². The van der Waals surface area contributed by atoms with Gasteiger partial charge in [0.05, 0.1) is 19.8 Å². The average molecular weight is 236 g/mol. The highest BCUT2D eigenvalue weighted by Gasteiger charge is 2.14. The Bertz CT molecular complexity index is 457. The van der Waals surface area contributed by atoms with Gasteiger partial charge in [-0.15, -0.1) is 0 Å². The van der Waals surface area contributed by atoms with E-state index in [0.717, 1.165) is 5.57 Å². The second-order valence-corrected chi connectivity index (χ2v) is 3.81. The molecule has 0 heterocycles. The smallest absolute Gasteiger partial charge is 0.189 e. The largest absolute Gasteiger partial charge is 0.507 e. The third-order valence-electron chi connectivity index (χ3n) is 2.19. The van der Waals surface area contributed by atoms with E-state index in [1.54, 1.807) is 0 Å². The molecular weight excluding hydrogens is 220 g/mol. The first-order valence-corrected chi connectivity index (χ1v) is 5.13. The highest BCUT2D eigenvalue weighted by Crippen LogP contribution is 2.34. The highest BCUT2D eigenvalue weighted by molar-refractivity contribution is 6.07. The fourth-order valence-corrected chi connectivity index (χ4v) is 1.41. The van der Waals surface area contributed by atoms with Gasteiger partial charge in [-0.1, -0.05) is 5.57 Å². The standard InChI is InChI=1S/C13H16O4/c1-8(2)5-10(14)9-6-12(16-3)13(17-4)7-11(9)15/h5-7,15H,1-4H3. The molecule has 0 bridgehead atoms. The van der Waals surface area contributed by atoms with Crippen LogP contribution in [0.2, 0.25) is 0 Å². The van der Waals surface area contributed by atoms with Crippen LogP contribution >= 0.6 is 0 Å². The summed E-state index contributed by atoms with van der Waals surface area (Å²) in [7, 11) is 2.94. The van der Waals surface area contributed by atoms with Crippen molar-refractivity contribution in [3.8, 4) is 17.2 Å². The lowest BCUT2D eigenvalue weighted by atomic mass is 10.1. The Morgan fingerprint density at radius 2 is 1.71 bits per heavy atom. The number of ether oxygens (including phenoxy) is 2. The van der Waals surface area contributed by atoms with Gasteiger partial charge in [0.25, 0.3) is 0 Å². The molecule has 92 valence electrons. The minimum atomic E-state index is -0.261. The number of hydrogen-bond donors (Lipinski definition) is 1. The van der Waals surface area contributed by atoms with E-state index in [4.69, 9.17) is 9.47 Å². The molecule has 0 spiro atoms. The normalized spacial score (nSPS) is 9.65. The molecule has 4 nitrogen and oxygen atoms in total. The minimum Gasteiger partial charge on any atom is -0.507 e. The fourth-order valence-electron chi connectivity index (χ4n) is 1.41. The molecule has 0 aliphatic heterocycles. The molecule has 0 atom stereocenters. The minimum absolute atomic E-state index is 0.120. The van der Waals surface area contributed by atoms with Crippen LogP contribution in [0.15, 0.2) is 23.8 Å². The van der Waals surface area contributed by atoms with Crippen molar-refractivity contribution in [3.63, 3.8) is 0 Å². The van der Waals surface area contributed by atoms with E-state index in [0.29, 0.717) is 11.5 Å². The molecular formula is C13H16O4. The summed E-state index contributed by atoms with van der Waals surface area (Å²) >= 11 is 0. The number of aromatic hydroxyl groups is 1. The lowest BCUT2D eigenvalue weighted by molar-refractivity contribution is 0.104. The Labute approximate surface area is 100 Å². The topological polar surface area (TPSA) is 55.8 Å². The summed E-state index contributed by atoms with van der Waals surface area (Å²) in [6.45, 7) is 3.63. The van der Waals surface area contributed by atoms with Gasteiger partial charge in [-0.05, 0) is 26.0 Å². The quantitative estimate of drug-likeness (QED) is 0.644. The highest BCUT2D eigenvalue weighted by atomic mass is 16.5. The van der Waals surface area contributed by atoms with E-state index in [2.05, 4.69) is 0 Å². The molecule has 0 amide bonds. The van der Waals surface area contributed by atoms with E-state index in [-0.39, 0.29) is 17.1 Å². The first-order valence-electron chi connectivity index (χ1n) is 5.13. The second-order valence-electron chi connectivity index (χ2n) is 3.81. The Balaban J connectivity index is 3.26. The summed E-state index contributed by atoms with van der Waals surface area (Å²) in [5.74, 6) is 0.420. The molecule has 0 fully saturated rings. The molecule has 1 aromatic carbocycles. The molecule has 1 aromatic rings. The maximum Gasteiger partial charge on any atom is 0.189 e. The molecule has 1 N–H and O–H groups in total. The molecule has 0 saturated heterocycles. The van der Waals surface area contributed by atoms with Crippen LogP contribution in [0, 0.1) is 0 Å². The zero-order valence-electron chi connectivity index (χ0n) is 10.4. The fraction of sp³-hybridized carbons (Fsp3) is 0.308. The van der Waals surface area contributed by atoms with Gasteiger partial charge in [-0.2, -0.15) is 0 Å². The van der Waals surface area contributed by atoms with Crippen LogP contribution in [-0.4, -0.2) is 25.1 Å². The van der Waals surface area contributed by atoms with E-state index in [9.17, 15) is 9.90 Å². The first-order chi connectivity index (χ1) is 7.99. The monoisotopic (exact) mass is 236 g/mol. The number of carbonyl (C=O) groups excluding carboxylic acids is 1. The van der Waals surface area contributed by atoms with Gasteiger partial charge in [0.2, 0.25) is 0 Å². The van der Waals surface area contributed by atoms with E-state index in [1.807, 2.05) is 13.8 Å². The number of ketones is 1. The Morgan fingerprint density at radius 1 is 1.18 bits per heavy atom. The van der Waals surface area contributed by atoms with Gasteiger partial charge in [-0.25, -0.2) is 0 Å². The number of benzene rings is 1. The van der Waals surface area contributed by atoms with Crippen LogP contribution in [0.1, 0.15) is 24.2 Å². The molecule has 0 aromatic heterocycles. The number of allylic oxidation sites excluding steroid dienone is 2. The average Bonchev–Trinajstić information content (AvgIpc) is 2.27. The molecule has 0 radical (unpaired) electrons. The van der Waals surface area contributed by atoms with E-state index in [1.165, 1.54) is 32.4 Å². The number of carbonyl (C=O) groups is 1. The third-order valence-corrected chi connectivity index (χ3v) is 2.19. The van der Waals surface area contributed by atoms with Crippen LogP contribution in [-0.2, 0) is 0 Å². The Hall–Kier alpha value is -1.97. The lowest BCUT2D eigenvalue weighted by Gasteiger charge is -2.10. The predicted molar refractivity (Wildman–Crippen MR) is 65.0 cm³/mol. The maximum atomic E-state index is 11.8. The van der Waals surface area contributed by atoms with Crippen molar-refractivity contribution in [2.45, 2.75) is 13.8 Å². The Morgan fingerprint density at radius 3 is 2.18 bits per heavy atom. The number of phenolic OH excluding ortho intramolecular Hbond substituents is 1. The molecule has 4 heteroatoms. The van der Waals surface area contributed by atoms with Crippen molar-refractivity contribution in [2.75, 3.05) is 14.2 Å². The van der Waals surface area contributed by atoms with Gasteiger partial charge in [-0.3, -0.25) is 4.79 Å². The summed E-state index contributed by atoms with van der Waals surface area (Å²) in [5.41, 5.74) is 1.06. The molecule has 0 unspecified atom stereocenters. The van der Waals surface area contributed by atoms with Gasteiger partial charge < -0.3 is 14.6 Å². The SMILES string of the molecule is COc1cc(O)c(C(=O)C=C(C)C)cc1OC. The Kier molecular flexibility index (Phi) is 4.15. The zero-order chi connectivity index (χ0) is 13.0. The molecule has 1 rings (SSSR count). The van der Waals surface area contributed by atoms with Crippen molar-refractivity contribution in [3.05, 3.63) is 29.3 Å². The summed E-state index contributed by atoms with van der Waals surface area (Å²) in [4.78, 5) is 11.8. The lowest BCUT2D eigenvalue weighted by Crippen LogP contribution is -1.99. The third kappa shape index (κ3) is 3.00. The summed E-state index contributed by atoms with van der Waals surface area (Å²) < 4.78 is 10.1. The first kappa shape index (κ1) is 13.1. The van der Waals surface area contributed by atoms with Crippen molar-refractivity contribution in [2.24, 2.45) is 0 Å². The van der Waals surface area contributed by atoms with Gasteiger partial charge in [0.1, 0.15) is 5.75 Å². The van der Waals surface area contributed by atoms with Crippen molar-refractivity contribution in [1.82, 2.24) is 0 Å². The van der Waals surface area contributed by atoms with Gasteiger partial charge in [0.15, 0.2) is 17.3 Å². The molecule has 0 aliphatic rings. The zero-order valence-corrected chi connectivity index (χ0v) is 10.4. The second kappa shape index (κ2) is 5.39. The summed E-state index contributed by atoms with van der Waals surface area (Å²) in [6.07, 6.45) is 1.46. The maximum absolute atomic E-state index is 11.8. The predicted octanol–water partition coefficient (Wildman–Crippen LogP) is 2.56. The van der Waals surface area contributed by atoms with Crippen LogP contribution in [0.25, 0.3) is 0 Å². The van der Waals surface area contributed by atoms with Crippen LogP contribution in [0.3, 0.4) is 0 Å². The molecule has 0 saturated carbocycles. The molecule has 0 aliphatic carbocycles. The number of rotatable bonds is 4.